The van der Waals surface area contributed by atoms with Crippen molar-refractivity contribution in [1.82, 2.24) is 14.9 Å². The summed E-state index contributed by atoms with van der Waals surface area (Å²) in [6.45, 7) is -0.153. The van der Waals surface area contributed by atoms with Crippen LogP contribution >= 0.6 is 15.6 Å². The number of carboxylic acid groups (broad SMARTS) is 1. The summed E-state index contributed by atoms with van der Waals surface area (Å²) in [5, 5.41) is 51.6. The number of nitrogens with zero attached hydrogens (tertiary/aromatic N) is 1. The lowest BCUT2D eigenvalue weighted by Crippen LogP contribution is -2.65. The molecule has 1 amide bonds. The molecule has 1 aromatic rings. The lowest BCUT2D eigenvalue weighted by Gasteiger charge is -2.41. The standard InChI is InChI=1S/C17H25N3O18P2/c1-5(21)18-8-10(24)11(25)13(15(27)28)36-16(8)37-40(32,33)38-39(30,31)34-4-6-9(23)12(26)14(35-6)20-3-2-7(22)19-17(20)29/h2-3,6,8-14,16,23-26H,4H2,1H3,(H,18,21)(H,27,28)(H,30,31)(H,32,33)(H,19,22,29)/t6-,8+,9-,10-,11+,12-,13+,14-,16+/m1/s1. The van der Waals surface area contributed by atoms with Crippen molar-refractivity contribution in [3.8, 4) is 0 Å². The molecular formula is C17H25N3O18P2. The summed E-state index contributed by atoms with van der Waals surface area (Å²) in [4.78, 5) is 67.7. The van der Waals surface area contributed by atoms with E-state index >= 15 is 0 Å². The second-order valence-electron chi connectivity index (χ2n) is 8.45. The Morgan fingerprint density at radius 2 is 1.70 bits per heavy atom. The van der Waals surface area contributed by atoms with E-state index in [0.717, 1.165) is 19.2 Å². The summed E-state index contributed by atoms with van der Waals surface area (Å²) >= 11 is 0. The van der Waals surface area contributed by atoms with Gasteiger partial charge in [-0.15, -0.1) is 0 Å². The van der Waals surface area contributed by atoms with Crippen LogP contribution in [0.3, 0.4) is 0 Å². The van der Waals surface area contributed by atoms with Gasteiger partial charge in [-0.05, 0) is 0 Å². The number of phosphoric ester groups is 2. The van der Waals surface area contributed by atoms with Crippen molar-refractivity contribution in [3.63, 3.8) is 0 Å². The molecule has 23 heteroatoms. The zero-order valence-electron chi connectivity index (χ0n) is 20.0. The highest BCUT2D eigenvalue weighted by molar-refractivity contribution is 7.61. The summed E-state index contributed by atoms with van der Waals surface area (Å²) in [5.74, 6) is -2.72. The van der Waals surface area contributed by atoms with Gasteiger partial charge in [-0.2, -0.15) is 4.31 Å². The number of aliphatic hydroxyl groups excluding tert-OH is 4. The van der Waals surface area contributed by atoms with Gasteiger partial charge in [-0.1, -0.05) is 0 Å². The number of hydrogen-bond acceptors (Lipinski definition) is 15. The van der Waals surface area contributed by atoms with Gasteiger partial charge < -0.3 is 50.1 Å². The third-order valence-corrected chi connectivity index (χ3v) is 8.12. The molecule has 0 bridgehead atoms. The summed E-state index contributed by atoms with van der Waals surface area (Å²) in [5.41, 5.74) is -1.79. The summed E-state index contributed by atoms with van der Waals surface area (Å²) in [6, 6.07) is -0.949. The van der Waals surface area contributed by atoms with E-state index in [1.165, 1.54) is 0 Å². The minimum atomic E-state index is -5.76. The molecule has 0 aromatic carbocycles. The van der Waals surface area contributed by atoms with Crippen molar-refractivity contribution in [1.29, 1.82) is 0 Å². The van der Waals surface area contributed by atoms with Crippen molar-refractivity contribution in [2.24, 2.45) is 0 Å². The van der Waals surface area contributed by atoms with Crippen LogP contribution in [-0.2, 0) is 41.6 Å². The average Bonchev–Trinajstić information content (AvgIpc) is 3.09. The number of carboxylic acids is 1. The third kappa shape index (κ3) is 7.47. The zero-order chi connectivity index (χ0) is 30.2. The molecule has 2 unspecified atom stereocenters. The molecule has 226 valence electrons. The van der Waals surface area contributed by atoms with E-state index in [4.69, 9.17) is 14.6 Å². The first-order chi connectivity index (χ1) is 18.4. The van der Waals surface area contributed by atoms with Crippen molar-refractivity contribution in [2.75, 3.05) is 6.61 Å². The molecule has 2 aliphatic heterocycles. The minimum absolute atomic E-state index is 0.700. The molecule has 9 N–H and O–H groups in total. The summed E-state index contributed by atoms with van der Waals surface area (Å²) < 4.78 is 48.7. The maximum Gasteiger partial charge on any atom is 0.483 e. The molecule has 1 aromatic heterocycles. The number of amides is 1. The predicted octanol–water partition coefficient (Wildman–Crippen LogP) is -4.56. The molecule has 0 radical (unpaired) electrons. The second-order valence-corrected chi connectivity index (χ2v) is 11.5. The quantitative estimate of drug-likeness (QED) is 0.111. The molecule has 3 heterocycles. The number of rotatable bonds is 10. The van der Waals surface area contributed by atoms with E-state index in [-0.39, 0.29) is 0 Å². The highest BCUT2D eigenvalue weighted by atomic mass is 31.3. The number of carbonyl (C=O) groups excluding carboxylic acids is 1. The number of aromatic nitrogens is 2. The van der Waals surface area contributed by atoms with Gasteiger partial charge >= 0.3 is 27.3 Å². The number of carbonyl (C=O) groups is 2. The Kier molecular flexibility index (Phi) is 9.85. The summed E-state index contributed by atoms with van der Waals surface area (Å²) in [7, 11) is -11.4. The minimum Gasteiger partial charge on any atom is -0.479 e. The first-order valence-corrected chi connectivity index (χ1v) is 14.0. The van der Waals surface area contributed by atoms with Crippen molar-refractivity contribution in [3.05, 3.63) is 33.1 Å². The molecule has 21 nitrogen and oxygen atoms in total. The van der Waals surface area contributed by atoms with Crippen molar-refractivity contribution in [2.45, 2.75) is 62.1 Å². The normalized spacial score (nSPS) is 35.4. The molecule has 0 saturated carbocycles. The monoisotopic (exact) mass is 621 g/mol. The van der Waals surface area contributed by atoms with Crippen LogP contribution < -0.4 is 16.6 Å². The molecule has 3 rings (SSSR count). The molecule has 11 atom stereocenters. The van der Waals surface area contributed by atoms with Crippen molar-refractivity contribution < 1.29 is 76.9 Å². The Balaban J connectivity index is 1.68. The zero-order valence-corrected chi connectivity index (χ0v) is 21.8. The highest BCUT2D eigenvalue weighted by Crippen LogP contribution is 2.61. The Morgan fingerprint density at radius 3 is 2.27 bits per heavy atom. The molecule has 40 heavy (non-hydrogen) atoms. The number of hydrogen-bond donors (Lipinski definition) is 9. The fourth-order valence-corrected chi connectivity index (χ4v) is 5.91. The predicted molar refractivity (Wildman–Crippen MR) is 121 cm³/mol. The number of aliphatic carboxylic acids is 1. The maximum atomic E-state index is 12.4. The Hall–Kier alpha value is -2.36. The Morgan fingerprint density at radius 1 is 1.05 bits per heavy atom. The lowest BCUT2D eigenvalue weighted by atomic mass is 9.97. The van der Waals surface area contributed by atoms with Gasteiger partial charge in [0.15, 0.2) is 18.6 Å². The van der Waals surface area contributed by atoms with E-state index in [9.17, 15) is 58.5 Å². The van der Waals surface area contributed by atoms with Gasteiger partial charge in [0, 0.05) is 19.2 Å². The van der Waals surface area contributed by atoms with Gasteiger partial charge in [0.2, 0.25) is 5.91 Å². The fourth-order valence-electron chi connectivity index (χ4n) is 3.74. The Bertz CT molecular complexity index is 1320. The first kappa shape index (κ1) is 32.2. The number of phosphoric acid groups is 2. The smallest absolute Gasteiger partial charge is 0.479 e. The van der Waals surface area contributed by atoms with E-state index in [0.29, 0.717) is 4.57 Å². The maximum absolute atomic E-state index is 12.4. The van der Waals surface area contributed by atoms with Crippen LogP contribution in [0.2, 0.25) is 0 Å². The first-order valence-electron chi connectivity index (χ1n) is 11.0. The van der Waals surface area contributed by atoms with Crippen LogP contribution in [0, 0.1) is 0 Å². The van der Waals surface area contributed by atoms with Gasteiger partial charge in [-0.3, -0.25) is 28.2 Å². The van der Waals surface area contributed by atoms with Crippen molar-refractivity contribution >= 4 is 27.5 Å². The van der Waals surface area contributed by atoms with Crippen LogP contribution in [0.5, 0.6) is 0 Å². The number of aliphatic hydroxyl groups is 4. The van der Waals surface area contributed by atoms with E-state index in [1.54, 1.807) is 0 Å². The van der Waals surface area contributed by atoms with E-state index in [1.807, 2.05) is 10.3 Å². The van der Waals surface area contributed by atoms with E-state index < -0.39 is 101 Å². The second kappa shape index (κ2) is 12.2. The largest absolute Gasteiger partial charge is 0.483 e. The van der Waals surface area contributed by atoms with Gasteiger partial charge in [0.25, 0.3) is 5.56 Å². The average molecular weight is 621 g/mol. The van der Waals surface area contributed by atoms with Crippen LogP contribution in [0.4, 0.5) is 0 Å². The van der Waals surface area contributed by atoms with Gasteiger partial charge in [-0.25, -0.2) is 18.7 Å². The SMILES string of the molecule is CC(=O)N[C@@H]1[C@H](OP(=O)(O)OP(=O)(O)OC[C@H]2O[C@@H](n3ccc(=O)[nH]c3=O)[C@H](O)[C@@H]2O)O[C@H](C(=O)O)[C@@H](O)[C@@H]1O. The lowest BCUT2D eigenvalue weighted by molar-refractivity contribution is -0.243. The Labute approximate surface area is 221 Å². The van der Waals surface area contributed by atoms with Crippen LogP contribution in [0.15, 0.2) is 21.9 Å². The number of aromatic amines is 1. The van der Waals surface area contributed by atoms with Crippen LogP contribution in [0.25, 0.3) is 0 Å². The number of H-pyrrole nitrogens is 1. The number of ether oxygens (including phenoxy) is 2. The highest BCUT2D eigenvalue weighted by Gasteiger charge is 2.52. The summed E-state index contributed by atoms with van der Waals surface area (Å²) in [6.07, 6.45) is -14.7. The molecular weight excluding hydrogens is 596 g/mol. The molecule has 2 fully saturated rings. The molecule has 2 aliphatic rings. The number of nitrogens with one attached hydrogen (secondary N) is 2. The topological polar surface area (TPSA) is 323 Å². The van der Waals surface area contributed by atoms with Crippen LogP contribution in [0.1, 0.15) is 13.2 Å². The van der Waals surface area contributed by atoms with Crippen LogP contribution in [-0.4, -0.2) is 112 Å². The fraction of sp³-hybridized carbons (Fsp3) is 0.647. The molecule has 0 spiro atoms. The van der Waals surface area contributed by atoms with Gasteiger partial charge in [0.05, 0.1) is 6.61 Å². The molecule has 2 saturated heterocycles. The third-order valence-electron chi connectivity index (χ3n) is 5.52. The van der Waals surface area contributed by atoms with E-state index in [2.05, 4.69) is 13.4 Å². The molecule has 0 aliphatic carbocycles. The van der Waals surface area contributed by atoms with Gasteiger partial charge in [0.1, 0.15) is 36.6 Å².